The largest absolute Gasteiger partial charge is 0.369 e. The number of aliphatic imine (C=N–C) groups is 1. The molecule has 0 amide bonds. The van der Waals surface area contributed by atoms with Crippen molar-refractivity contribution in [2.24, 2.45) is 4.99 Å². The highest BCUT2D eigenvalue weighted by Gasteiger charge is 2.04. The Labute approximate surface area is 111 Å². The first kappa shape index (κ1) is 16.2. The van der Waals surface area contributed by atoms with Crippen LogP contribution >= 0.6 is 0 Å². The van der Waals surface area contributed by atoms with Gasteiger partial charge in [-0.25, -0.2) is 4.99 Å². The van der Waals surface area contributed by atoms with Gasteiger partial charge in [0.2, 0.25) is 0 Å². The molecule has 18 heavy (non-hydrogen) atoms. The molecular formula is C15H23N3. The quantitative estimate of drug-likeness (QED) is 0.598. The lowest BCUT2D eigenvalue weighted by Crippen LogP contribution is -2.07. The van der Waals surface area contributed by atoms with Crippen LogP contribution < -0.4 is 0 Å². The number of hydrogen-bond donors (Lipinski definition) is 0. The highest BCUT2D eigenvalue weighted by Crippen LogP contribution is 2.23. The van der Waals surface area contributed by atoms with Gasteiger partial charge in [0.05, 0.1) is 17.6 Å². The van der Waals surface area contributed by atoms with Crippen LogP contribution in [-0.4, -0.2) is 25.3 Å². The van der Waals surface area contributed by atoms with Crippen molar-refractivity contribution in [2.45, 2.75) is 33.6 Å². The van der Waals surface area contributed by atoms with E-state index in [-0.39, 0.29) is 0 Å². The molecule has 0 aliphatic carbocycles. The van der Waals surface area contributed by atoms with Gasteiger partial charge in [-0.2, -0.15) is 5.26 Å². The van der Waals surface area contributed by atoms with Gasteiger partial charge in [0, 0.05) is 14.1 Å². The van der Waals surface area contributed by atoms with Crippen LogP contribution in [-0.2, 0) is 0 Å². The van der Waals surface area contributed by atoms with Gasteiger partial charge in [-0.15, -0.1) is 0 Å². The molecule has 0 N–H and O–H groups in total. The van der Waals surface area contributed by atoms with E-state index in [0.717, 1.165) is 5.69 Å². The van der Waals surface area contributed by atoms with Gasteiger partial charge in [0.15, 0.2) is 0 Å². The Morgan fingerprint density at radius 2 is 1.89 bits per heavy atom. The lowest BCUT2D eigenvalue weighted by atomic mass is 10.0. The Balaban J connectivity index is 0.00000137. The SMILES string of the molecule is CC.CC(C)c1ccc(N=CN(C)C)c(C#N)c1. The number of rotatable bonds is 3. The second-order valence-electron chi connectivity index (χ2n) is 4.25. The summed E-state index contributed by atoms with van der Waals surface area (Å²) in [7, 11) is 3.80. The fourth-order valence-electron chi connectivity index (χ4n) is 1.29. The van der Waals surface area contributed by atoms with Gasteiger partial charge in [-0.05, 0) is 23.6 Å². The van der Waals surface area contributed by atoms with Crippen molar-refractivity contribution in [3.05, 3.63) is 29.3 Å². The van der Waals surface area contributed by atoms with Crippen molar-refractivity contribution in [1.29, 1.82) is 5.26 Å². The zero-order chi connectivity index (χ0) is 14.1. The summed E-state index contributed by atoms with van der Waals surface area (Å²) in [4.78, 5) is 6.10. The monoisotopic (exact) mass is 245 g/mol. The average Bonchev–Trinajstić information content (AvgIpc) is 2.38. The Morgan fingerprint density at radius 3 is 2.33 bits per heavy atom. The number of benzene rings is 1. The fraction of sp³-hybridized carbons (Fsp3) is 0.467. The van der Waals surface area contributed by atoms with Crippen LogP contribution in [0.25, 0.3) is 0 Å². The maximum absolute atomic E-state index is 9.05. The molecule has 1 aromatic rings. The zero-order valence-electron chi connectivity index (χ0n) is 12.2. The number of hydrogen-bond acceptors (Lipinski definition) is 2. The minimum Gasteiger partial charge on any atom is -0.369 e. The van der Waals surface area contributed by atoms with Crippen LogP contribution in [0.4, 0.5) is 5.69 Å². The van der Waals surface area contributed by atoms with Crippen molar-refractivity contribution in [2.75, 3.05) is 14.1 Å². The maximum Gasteiger partial charge on any atom is 0.101 e. The highest BCUT2D eigenvalue weighted by molar-refractivity contribution is 5.65. The molecule has 0 spiro atoms. The maximum atomic E-state index is 9.05. The molecule has 1 aromatic carbocycles. The molecule has 0 unspecified atom stereocenters. The van der Waals surface area contributed by atoms with Crippen molar-refractivity contribution in [3.63, 3.8) is 0 Å². The first-order valence-corrected chi connectivity index (χ1v) is 6.29. The van der Waals surface area contributed by atoms with E-state index >= 15 is 0 Å². The second kappa shape index (κ2) is 8.30. The fourth-order valence-corrected chi connectivity index (χ4v) is 1.29. The van der Waals surface area contributed by atoms with E-state index in [1.54, 1.807) is 6.34 Å². The van der Waals surface area contributed by atoms with Crippen LogP contribution in [0.2, 0.25) is 0 Å². The van der Waals surface area contributed by atoms with Crippen molar-refractivity contribution >= 4 is 12.0 Å². The van der Waals surface area contributed by atoms with Crippen molar-refractivity contribution in [3.8, 4) is 6.07 Å². The van der Waals surface area contributed by atoms with Crippen LogP contribution in [0.15, 0.2) is 23.2 Å². The molecule has 0 fully saturated rings. The van der Waals surface area contributed by atoms with E-state index in [2.05, 4.69) is 24.9 Å². The van der Waals surface area contributed by atoms with Crippen LogP contribution in [0, 0.1) is 11.3 Å². The molecule has 0 bridgehead atoms. The molecule has 3 nitrogen and oxygen atoms in total. The molecule has 0 saturated heterocycles. The zero-order valence-corrected chi connectivity index (χ0v) is 12.2. The first-order valence-electron chi connectivity index (χ1n) is 6.29. The van der Waals surface area contributed by atoms with Crippen LogP contribution in [0.3, 0.4) is 0 Å². The Morgan fingerprint density at radius 1 is 1.28 bits per heavy atom. The molecule has 0 saturated carbocycles. The summed E-state index contributed by atoms with van der Waals surface area (Å²) in [5, 5.41) is 9.05. The summed E-state index contributed by atoms with van der Waals surface area (Å²) in [6.07, 6.45) is 1.70. The molecule has 1 rings (SSSR count). The summed E-state index contributed by atoms with van der Waals surface area (Å²) >= 11 is 0. The topological polar surface area (TPSA) is 39.4 Å². The summed E-state index contributed by atoms with van der Waals surface area (Å²) < 4.78 is 0. The molecule has 0 aliphatic rings. The van der Waals surface area contributed by atoms with E-state index < -0.39 is 0 Å². The van der Waals surface area contributed by atoms with E-state index in [9.17, 15) is 0 Å². The molecule has 0 radical (unpaired) electrons. The third kappa shape index (κ3) is 5.01. The van der Waals surface area contributed by atoms with Gasteiger partial charge in [0.25, 0.3) is 0 Å². The Kier molecular flexibility index (Phi) is 7.46. The lowest BCUT2D eigenvalue weighted by Gasteiger charge is -2.07. The smallest absolute Gasteiger partial charge is 0.101 e. The number of nitriles is 1. The molecule has 0 aliphatic heterocycles. The standard InChI is InChI=1S/C13H17N3.C2H6/c1-10(2)11-5-6-13(12(7-11)8-14)15-9-16(3)4;1-2/h5-7,9-10H,1-4H3;1-2H3. The summed E-state index contributed by atoms with van der Waals surface area (Å²) in [6, 6.07) is 8.01. The summed E-state index contributed by atoms with van der Waals surface area (Å²) in [5.41, 5.74) is 2.52. The number of nitrogens with zero attached hydrogens (tertiary/aromatic N) is 3. The predicted octanol–water partition coefficient (Wildman–Crippen LogP) is 3.93. The van der Waals surface area contributed by atoms with E-state index in [1.807, 2.05) is 51.0 Å². The molecule has 0 aromatic heterocycles. The summed E-state index contributed by atoms with van der Waals surface area (Å²) in [6.45, 7) is 8.22. The predicted molar refractivity (Wildman–Crippen MR) is 78.4 cm³/mol. The van der Waals surface area contributed by atoms with Crippen LogP contribution in [0.1, 0.15) is 44.7 Å². The second-order valence-corrected chi connectivity index (χ2v) is 4.25. The third-order valence-electron chi connectivity index (χ3n) is 2.24. The van der Waals surface area contributed by atoms with E-state index in [1.165, 1.54) is 5.56 Å². The summed E-state index contributed by atoms with van der Waals surface area (Å²) in [5.74, 6) is 0.430. The van der Waals surface area contributed by atoms with E-state index in [0.29, 0.717) is 11.5 Å². The molecular weight excluding hydrogens is 222 g/mol. The third-order valence-corrected chi connectivity index (χ3v) is 2.24. The molecule has 3 heteroatoms. The normalized spacial score (nSPS) is 9.89. The minimum absolute atomic E-state index is 0.430. The molecule has 0 heterocycles. The first-order chi connectivity index (χ1) is 8.54. The van der Waals surface area contributed by atoms with Gasteiger partial charge in [0.1, 0.15) is 6.07 Å². The Hall–Kier alpha value is -1.82. The lowest BCUT2D eigenvalue weighted by molar-refractivity contribution is 0.643. The van der Waals surface area contributed by atoms with Crippen molar-refractivity contribution in [1.82, 2.24) is 4.90 Å². The average molecular weight is 245 g/mol. The minimum atomic E-state index is 0.430. The molecule has 0 atom stereocenters. The van der Waals surface area contributed by atoms with Gasteiger partial charge < -0.3 is 4.90 Å². The molecule has 98 valence electrons. The Bertz CT molecular complexity index is 426. The highest BCUT2D eigenvalue weighted by atomic mass is 15.1. The van der Waals surface area contributed by atoms with Crippen LogP contribution in [0.5, 0.6) is 0 Å². The van der Waals surface area contributed by atoms with Gasteiger partial charge >= 0.3 is 0 Å². The van der Waals surface area contributed by atoms with Gasteiger partial charge in [-0.3, -0.25) is 0 Å². The van der Waals surface area contributed by atoms with Crippen molar-refractivity contribution < 1.29 is 0 Å². The van der Waals surface area contributed by atoms with Gasteiger partial charge in [-0.1, -0.05) is 33.8 Å². The van der Waals surface area contributed by atoms with E-state index in [4.69, 9.17) is 5.26 Å².